The van der Waals surface area contributed by atoms with Crippen LogP contribution in [-0.4, -0.2) is 58.4 Å². The Morgan fingerprint density at radius 3 is 2.78 bits per heavy atom. The molecule has 2 aliphatic rings. The van der Waals surface area contributed by atoms with E-state index in [0.717, 1.165) is 37.8 Å². The van der Waals surface area contributed by atoms with E-state index in [1.807, 2.05) is 0 Å². The third-order valence-corrected chi connectivity index (χ3v) is 5.13. The van der Waals surface area contributed by atoms with Crippen LogP contribution in [0.25, 0.3) is 0 Å². The predicted octanol–water partition coefficient (Wildman–Crippen LogP) is 2.45. The standard InChI is InChI=1S/C16H27BN4OS/c1-16(2,3)21-11-13(7-8-17-21)12-22-15-14(18-23-19-15)20-9-5-4-6-10-20/h8,13H,4-7,9-12H2,1-3H3. The van der Waals surface area contributed by atoms with Crippen LogP contribution in [0, 0.1) is 5.92 Å². The van der Waals surface area contributed by atoms with Crippen molar-refractivity contribution in [1.82, 2.24) is 13.6 Å². The summed E-state index contributed by atoms with van der Waals surface area (Å²) >= 11 is 1.26. The summed E-state index contributed by atoms with van der Waals surface area (Å²) in [6.07, 6.45) is 4.88. The Balaban J connectivity index is 1.57. The SMILES string of the molecule is CC(C)(C)N1B=CCC(COc2nsnc2N2CCCCC2)C1. The molecule has 1 aromatic rings. The van der Waals surface area contributed by atoms with Crippen molar-refractivity contribution in [3.8, 4) is 5.88 Å². The van der Waals surface area contributed by atoms with Gasteiger partial charge in [-0.25, -0.2) is 0 Å². The van der Waals surface area contributed by atoms with Crippen LogP contribution >= 0.6 is 11.7 Å². The number of hydrogen-bond donors (Lipinski definition) is 0. The molecule has 2 aliphatic heterocycles. The summed E-state index contributed by atoms with van der Waals surface area (Å²) in [4.78, 5) is 4.72. The van der Waals surface area contributed by atoms with Crippen LogP contribution < -0.4 is 9.64 Å². The molecular weight excluding hydrogens is 307 g/mol. The number of piperidine rings is 1. The fourth-order valence-electron chi connectivity index (χ4n) is 3.17. The first-order valence-corrected chi connectivity index (χ1v) is 9.41. The van der Waals surface area contributed by atoms with Gasteiger partial charge in [0.2, 0.25) is 0 Å². The van der Waals surface area contributed by atoms with Gasteiger partial charge in [-0.2, -0.15) is 0 Å². The second-order valence-electron chi connectivity index (χ2n) is 7.56. The molecule has 0 N–H and O–H groups in total. The van der Waals surface area contributed by atoms with Crippen LogP contribution in [0.3, 0.4) is 0 Å². The number of rotatable bonds is 4. The molecule has 0 spiro atoms. The van der Waals surface area contributed by atoms with Gasteiger partial charge in [-0.3, -0.25) is 0 Å². The maximum absolute atomic E-state index is 6.07. The predicted molar refractivity (Wildman–Crippen MR) is 97.9 cm³/mol. The molecule has 1 aromatic heterocycles. The van der Waals surface area contributed by atoms with Crippen LogP contribution in [-0.2, 0) is 0 Å². The van der Waals surface area contributed by atoms with E-state index >= 15 is 0 Å². The Kier molecular flexibility index (Phi) is 5.24. The molecule has 0 bridgehead atoms. The molecule has 7 heteroatoms. The Hall–Kier alpha value is -1.11. The molecule has 1 atom stereocenters. The van der Waals surface area contributed by atoms with Crippen LogP contribution in [0.4, 0.5) is 5.82 Å². The van der Waals surface area contributed by atoms with Crippen molar-refractivity contribution in [3.05, 3.63) is 0 Å². The van der Waals surface area contributed by atoms with Crippen molar-refractivity contribution in [2.75, 3.05) is 31.1 Å². The van der Waals surface area contributed by atoms with Crippen molar-refractivity contribution >= 4 is 30.6 Å². The second-order valence-corrected chi connectivity index (χ2v) is 8.09. The maximum atomic E-state index is 6.07. The van der Waals surface area contributed by atoms with Crippen molar-refractivity contribution in [2.24, 2.45) is 5.92 Å². The number of aromatic nitrogens is 2. The third kappa shape index (κ3) is 4.25. The molecule has 0 amide bonds. The van der Waals surface area contributed by atoms with E-state index in [1.165, 1.54) is 31.0 Å². The average Bonchev–Trinajstić information content (AvgIpc) is 3.02. The van der Waals surface area contributed by atoms with E-state index in [1.54, 1.807) is 0 Å². The van der Waals surface area contributed by atoms with E-state index in [0.29, 0.717) is 12.5 Å². The van der Waals surface area contributed by atoms with Gasteiger partial charge in [0, 0.05) is 0 Å². The normalized spacial score (nSPS) is 22.1. The average molecular weight is 334 g/mol. The third-order valence-electron chi connectivity index (χ3n) is 4.62. The van der Waals surface area contributed by atoms with Crippen LogP contribution in [0.2, 0.25) is 0 Å². The van der Waals surface area contributed by atoms with Gasteiger partial charge in [0.1, 0.15) is 0 Å². The van der Waals surface area contributed by atoms with Gasteiger partial charge >= 0.3 is 144 Å². The Labute approximate surface area is 144 Å². The Bertz CT molecular complexity index is 536. The minimum absolute atomic E-state index is 0.163. The second kappa shape index (κ2) is 7.20. The molecule has 3 rings (SSSR count). The van der Waals surface area contributed by atoms with Crippen LogP contribution in [0.15, 0.2) is 0 Å². The summed E-state index contributed by atoms with van der Waals surface area (Å²) in [6.45, 7) is 10.6. The summed E-state index contributed by atoms with van der Waals surface area (Å²) in [5.74, 6) is 4.45. The quantitative estimate of drug-likeness (QED) is 0.791. The van der Waals surface area contributed by atoms with Gasteiger partial charge in [-0.15, -0.1) is 0 Å². The molecule has 5 nitrogen and oxygen atoms in total. The molecule has 0 aromatic carbocycles. The van der Waals surface area contributed by atoms with Crippen molar-refractivity contribution < 1.29 is 4.74 Å². The summed E-state index contributed by atoms with van der Waals surface area (Å²) in [5, 5.41) is 0. The minimum atomic E-state index is 0.163. The summed E-state index contributed by atoms with van der Waals surface area (Å²) in [5.41, 5.74) is 0.163. The fourth-order valence-corrected chi connectivity index (χ4v) is 3.69. The number of hydrogen-bond acceptors (Lipinski definition) is 6. The molecule has 3 heterocycles. The van der Waals surface area contributed by atoms with E-state index in [-0.39, 0.29) is 5.54 Å². The number of nitrogens with zero attached hydrogens (tertiary/aromatic N) is 4. The van der Waals surface area contributed by atoms with Crippen LogP contribution in [0.5, 0.6) is 5.88 Å². The first kappa shape index (κ1) is 16.7. The first-order chi connectivity index (χ1) is 11.0. The Morgan fingerprint density at radius 2 is 2.04 bits per heavy atom. The van der Waals surface area contributed by atoms with Crippen LogP contribution in [0.1, 0.15) is 46.5 Å². The van der Waals surface area contributed by atoms with E-state index in [4.69, 9.17) is 4.74 Å². The molecule has 126 valence electrons. The molecule has 0 radical (unpaired) electrons. The van der Waals surface area contributed by atoms with Gasteiger partial charge in [-0.05, 0) is 0 Å². The molecule has 1 saturated heterocycles. The molecule has 0 saturated carbocycles. The van der Waals surface area contributed by atoms with Gasteiger partial charge in [0.15, 0.2) is 0 Å². The van der Waals surface area contributed by atoms with Gasteiger partial charge in [-0.1, -0.05) is 0 Å². The summed E-state index contributed by atoms with van der Waals surface area (Å²) in [6, 6.07) is 0. The van der Waals surface area contributed by atoms with E-state index < -0.39 is 0 Å². The van der Waals surface area contributed by atoms with Gasteiger partial charge in [0.25, 0.3) is 0 Å². The van der Waals surface area contributed by atoms with Crippen molar-refractivity contribution in [2.45, 2.75) is 52.0 Å². The molecule has 0 aliphatic carbocycles. The zero-order chi connectivity index (χ0) is 16.3. The molecule has 23 heavy (non-hydrogen) atoms. The van der Waals surface area contributed by atoms with E-state index in [2.05, 4.69) is 52.3 Å². The Morgan fingerprint density at radius 1 is 1.26 bits per heavy atom. The zero-order valence-electron chi connectivity index (χ0n) is 14.5. The number of anilines is 1. The van der Waals surface area contributed by atoms with Crippen molar-refractivity contribution in [1.29, 1.82) is 0 Å². The zero-order valence-corrected chi connectivity index (χ0v) is 15.3. The summed E-state index contributed by atoms with van der Waals surface area (Å²) < 4.78 is 14.9. The molecule has 1 unspecified atom stereocenters. The topological polar surface area (TPSA) is 41.5 Å². The summed E-state index contributed by atoms with van der Waals surface area (Å²) in [7, 11) is 2.22. The number of ether oxygens (including phenoxy) is 1. The fraction of sp³-hybridized carbons (Fsp3) is 0.812. The molecule has 1 fully saturated rings. The van der Waals surface area contributed by atoms with Gasteiger partial charge < -0.3 is 0 Å². The van der Waals surface area contributed by atoms with E-state index in [9.17, 15) is 0 Å². The molecular formula is C16H27BN4OS. The first-order valence-electron chi connectivity index (χ1n) is 8.68. The monoisotopic (exact) mass is 334 g/mol. The van der Waals surface area contributed by atoms with Crippen molar-refractivity contribution in [3.63, 3.8) is 0 Å². The van der Waals surface area contributed by atoms with Gasteiger partial charge in [0.05, 0.1) is 0 Å².